The molecule has 2 aromatic rings. The standard InChI is InChI=1S/C22H26N4O2S/c27-20(24-22-23-18-10-6-1-2-7-11-19(18)29-22)12-13-21(28)26-15-14-17(25-26)16-8-4-3-5-9-16/h3-5,8-9H,1-2,6-7,10-15H2,(H,23,24,27). The number of rotatable bonds is 5. The molecule has 1 aromatic heterocycles. The first-order chi connectivity index (χ1) is 14.2. The molecule has 1 aromatic carbocycles. The van der Waals surface area contributed by atoms with Gasteiger partial charge in [-0.3, -0.25) is 9.59 Å². The quantitative estimate of drug-likeness (QED) is 0.804. The van der Waals surface area contributed by atoms with Gasteiger partial charge in [0.15, 0.2) is 5.13 Å². The molecule has 152 valence electrons. The number of aromatic nitrogens is 1. The molecule has 2 heterocycles. The number of amides is 2. The number of carbonyl (C=O) groups is 2. The van der Waals surface area contributed by atoms with Gasteiger partial charge in [0.1, 0.15) is 0 Å². The van der Waals surface area contributed by atoms with E-state index in [0.29, 0.717) is 11.7 Å². The Hall–Kier alpha value is -2.54. The third-order valence-corrected chi connectivity index (χ3v) is 6.43. The average Bonchev–Trinajstić information content (AvgIpc) is 3.34. The summed E-state index contributed by atoms with van der Waals surface area (Å²) >= 11 is 1.58. The Morgan fingerprint density at radius 1 is 1.00 bits per heavy atom. The molecule has 0 radical (unpaired) electrons. The van der Waals surface area contributed by atoms with Gasteiger partial charge in [-0.2, -0.15) is 5.10 Å². The van der Waals surface area contributed by atoms with Crippen molar-refractivity contribution in [1.29, 1.82) is 0 Å². The Kier molecular flexibility index (Phi) is 6.34. The second-order valence-corrected chi connectivity index (χ2v) is 8.61. The van der Waals surface area contributed by atoms with E-state index in [1.807, 2.05) is 30.3 Å². The van der Waals surface area contributed by atoms with E-state index in [-0.39, 0.29) is 24.7 Å². The molecule has 7 heteroatoms. The molecule has 0 bridgehead atoms. The Morgan fingerprint density at radius 3 is 2.62 bits per heavy atom. The van der Waals surface area contributed by atoms with Crippen molar-refractivity contribution in [2.24, 2.45) is 5.10 Å². The van der Waals surface area contributed by atoms with E-state index in [2.05, 4.69) is 15.4 Å². The maximum absolute atomic E-state index is 12.4. The van der Waals surface area contributed by atoms with E-state index >= 15 is 0 Å². The van der Waals surface area contributed by atoms with Crippen LogP contribution in [0.1, 0.15) is 61.1 Å². The molecule has 0 unspecified atom stereocenters. The zero-order valence-corrected chi connectivity index (χ0v) is 17.3. The second kappa shape index (κ2) is 9.31. The largest absolute Gasteiger partial charge is 0.302 e. The fourth-order valence-electron chi connectivity index (χ4n) is 3.76. The van der Waals surface area contributed by atoms with Gasteiger partial charge in [-0.25, -0.2) is 9.99 Å². The van der Waals surface area contributed by atoms with Crippen molar-refractivity contribution in [2.45, 2.75) is 57.8 Å². The van der Waals surface area contributed by atoms with Crippen LogP contribution in [0.15, 0.2) is 35.4 Å². The molecule has 1 aliphatic heterocycles. The molecule has 1 N–H and O–H groups in total. The maximum atomic E-state index is 12.4. The van der Waals surface area contributed by atoms with E-state index < -0.39 is 0 Å². The Labute approximate surface area is 175 Å². The summed E-state index contributed by atoms with van der Waals surface area (Å²) in [5.74, 6) is -0.274. The highest BCUT2D eigenvalue weighted by molar-refractivity contribution is 7.15. The minimum atomic E-state index is -0.161. The van der Waals surface area contributed by atoms with Crippen LogP contribution in [0.4, 0.5) is 5.13 Å². The zero-order valence-electron chi connectivity index (χ0n) is 16.5. The number of anilines is 1. The lowest BCUT2D eigenvalue weighted by molar-refractivity contribution is -0.132. The number of hydrogen-bond donors (Lipinski definition) is 1. The normalized spacial score (nSPS) is 16.6. The maximum Gasteiger partial charge on any atom is 0.243 e. The summed E-state index contributed by atoms with van der Waals surface area (Å²) in [6.07, 6.45) is 7.98. The summed E-state index contributed by atoms with van der Waals surface area (Å²) in [7, 11) is 0. The lowest BCUT2D eigenvalue weighted by Gasteiger charge is -2.10. The minimum Gasteiger partial charge on any atom is -0.302 e. The van der Waals surface area contributed by atoms with Gasteiger partial charge in [0.05, 0.1) is 18.0 Å². The van der Waals surface area contributed by atoms with Crippen molar-refractivity contribution in [3.8, 4) is 0 Å². The number of nitrogens with one attached hydrogen (secondary N) is 1. The van der Waals surface area contributed by atoms with E-state index in [1.165, 1.54) is 35.6 Å². The number of nitrogens with zero attached hydrogens (tertiary/aromatic N) is 3. The Morgan fingerprint density at radius 2 is 1.79 bits per heavy atom. The number of hydrazone groups is 1. The van der Waals surface area contributed by atoms with Crippen LogP contribution in [0.2, 0.25) is 0 Å². The minimum absolute atomic E-state index is 0.113. The van der Waals surface area contributed by atoms with Gasteiger partial charge in [0, 0.05) is 24.1 Å². The number of carbonyl (C=O) groups excluding carboxylic acids is 2. The van der Waals surface area contributed by atoms with E-state index in [0.717, 1.165) is 36.2 Å². The number of aryl methyl sites for hydroxylation is 2. The van der Waals surface area contributed by atoms with Crippen LogP contribution in [0.25, 0.3) is 0 Å². The molecule has 0 saturated carbocycles. The van der Waals surface area contributed by atoms with Crippen molar-refractivity contribution >= 4 is 34.0 Å². The molecule has 0 atom stereocenters. The number of fused-ring (bicyclic) bond motifs is 1. The fraction of sp³-hybridized carbons (Fsp3) is 0.455. The number of hydrogen-bond acceptors (Lipinski definition) is 5. The fourth-order valence-corrected chi connectivity index (χ4v) is 4.83. The Bertz CT molecular complexity index is 881. The van der Waals surface area contributed by atoms with Crippen LogP contribution in [-0.2, 0) is 22.4 Å². The summed E-state index contributed by atoms with van der Waals surface area (Å²) in [5.41, 5.74) is 3.10. The Balaban J connectivity index is 1.28. The van der Waals surface area contributed by atoms with Gasteiger partial charge in [-0.05, 0) is 31.2 Å². The van der Waals surface area contributed by atoms with Crippen molar-refractivity contribution in [1.82, 2.24) is 9.99 Å². The van der Waals surface area contributed by atoms with Gasteiger partial charge in [-0.1, -0.05) is 43.2 Å². The van der Waals surface area contributed by atoms with Gasteiger partial charge >= 0.3 is 0 Å². The highest BCUT2D eigenvalue weighted by atomic mass is 32.1. The summed E-state index contributed by atoms with van der Waals surface area (Å²) < 4.78 is 0. The molecule has 1 aliphatic carbocycles. The highest BCUT2D eigenvalue weighted by Crippen LogP contribution is 2.28. The van der Waals surface area contributed by atoms with Crippen LogP contribution in [0.3, 0.4) is 0 Å². The third kappa shape index (κ3) is 5.09. The van der Waals surface area contributed by atoms with Crippen LogP contribution < -0.4 is 5.32 Å². The molecule has 29 heavy (non-hydrogen) atoms. The lowest BCUT2D eigenvalue weighted by Crippen LogP contribution is -2.24. The van der Waals surface area contributed by atoms with Crippen LogP contribution in [0.5, 0.6) is 0 Å². The molecule has 2 amide bonds. The molecule has 0 saturated heterocycles. The molecule has 2 aliphatic rings. The van der Waals surface area contributed by atoms with Crippen LogP contribution in [-0.4, -0.2) is 34.1 Å². The van der Waals surface area contributed by atoms with Crippen LogP contribution >= 0.6 is 11.3 Å². The number of thiazole rings is 1. The molecule has 0 fully saturated rings. The van der Waals surface area contributed by atoms with Gasteiger partial charge in [0.25, 0.3) is 0 Å². The molecule has 6 nitrogen and oxygen atoms in total. The second-order valence-electron chi connectivity index (χ2n) is 7.53. The van der Waals surface area contributed by atoms with Gasteiger partial charge in [-0.15, -0.1) is 11.3 Å². The first kappa shape index (κ1) is 19.8. The topological polar surface area (TPSA) is 74.7 Å². The monoisotopic (exact) mass is 410 g/mol. The summed E-state index contributed by atoms with van der Waals surface area (Å²) in [6.45, 7) is 0.573. The van der Waals surface area contributed by atoms with Crippen molar-refractivity contribution in [3.63, 3.8) is 0 Å². The third-order valence-electron chi connectivity index (χ3n) is 5.35. The first-order valence-electron chi connectivity index (χ1n) is 10.4. The smallest absolute Gasteiger partial charge is 0.243 e. The van der Waals surface area contributed by atoms with Gasteiger partial charge < -0.3 is 5.32 Å². The summed E-state index contributed by atoms with van der Waals surface area (Å²) in [5, 5.41) is 9.48. The van der Waals surface area contributed by atoms with Crippen molar-refractivity contribution < 1.29 is 9.59 Å². The van der Waals surface area contributed by atoms with Crippen LogP contribution in [0, 0.1) is 0 Å². The molecule has 4 rings (SSSR count). The molecule has 0 spiro atoms. The summed E-state index contributed by atoms with van der Waals surface area (Å²) in [4.78, 5) is 30.7. The van der Waals surface area contributed by atoms with E-state index in [4.69, 9.17) is 0 Å². The predicted molar refractivity (Wildman–Crippen MR) is 115 cm³/mol. The first-order valence-corrected chi connectivity index (χ1v) is 11.2. The number of benzene rings is 1. The SMILES string of the molecule is O=C(CCC(=O)N1CCC(c2ccccc2)=N1)Nc1nc2c(s1)CCCCCC2. The molecular weight excluding hydrogens is 384 g/mol. The average molecular weight is 411 g/mol. The summed E-state index contributed by atoms with van der Waals surface area (Å²) in [6, 6.07) is 9.89. The van der Waals surface area contributed by atoms with Crippen molar-refractivity contribution in [2.75, 3.05) is 11.9 Å². The molecular formula is C22H26N4O2S. The highest BCUT2D eigenvalue weighted by Gasteiger charge is 2.22. The van der Waals surface area contributed by atoms with E-state index in [1.54, 1.807) is 11.3 Å². The van der Waals surface area contributed by atoms with E-state index in [9.17, 15) is 9.59 Å². The van der Waals surface area contributed by atoms with Crippen molar-refractivity contribution in [3.05, 3.63) is 46.5 Å². The lowest BCUT2D eigenvalue weighted by atomic mass is 10.0. The van der Waals surface area contributed by atoms with Gasteiger partial charge in [0.2, 0.25) is 11.8 Å². The predicted octanol–water partition coefficient (Wildman–Crippen LogP) is 4.16. The zero-order chi connectivity index (χ0) is 20.1.